The van der Waals surface area contributed by atoms with Crippen molar-refractivity contribution in [1.82, 2.24) is 15.6 Å². The van der Waals surface area contributed by atoms with Gasteiger partial charge >= 0.3 is 6.18 Å². The number of hydrogen-bond acceptors (Lipinski definition) is 6. The summed E-state index contributed by atoms with van der Waals surface area (Å²) in [5.41, 5.74) is 0.0265. The van der Waals surface area contributed by atoms with Gasteiger partial charge in [0.15, 0.2) is 23.2 Å². The fraction of sp³-hybridized carbons (Fsp3) is 0.474. The molecule has 3 N–H and O–H groups in total. The van der Waals surface area contributed by atoms with Gasteiger partial charge in [-0.15, -0.1) is 35.3 Å². The summed E-state index contributed by atoms with van der Waals surface area (Å²) in [6.45, 7) is 3.40. The molecule has 0 unspecified atom stereocenters. The lowest BCUT2D eigenvalue weighted by molar-refractivity contribution is -0.140. The lowest BCUT2D eigenvalue weighted by Gasteiger charge is -2.12. The molecule has 0 aliphatic rings. The number of aliphatic imine (C=N–C) groups is 1. The van der Waals surface area contributed by atoms with E-state index in [0.717, 1.165) is 22.3 Å². The Bertz CT molecular complexity index is 834. The second-order valence-electron chi connectivity index (χ2n) is 6.05. The topological polar surface area (TPSA) is 88.0 Å². The van der Waals surface area contributed by atoms with Crippen molar-refractivity contribution in [3.05, 3.63) is 39.8 Å². The molecule has 0 atom stereocenters. The van der Waals surface area contributed by atoms with Crippen LogP contribution < -0.4 is 20.1 Å². The average molecular weight is 574 g/mol. The number of aromatic nitrogens is 1. The van der Waals surface area contributed by atoms with E-state index in [1.54, 1.807) is 12.1 Å². The highest BCUT2D eigenvalue weighted by Crippen LogP contribution is 2.30. The number of ether oxygens (including phenoxy) is 2. The third-order valence-electron chi connectivity index (χ3n) is 3.81. The van der Waals surface area contributed by atoms with Crippen LogP contribution in [-0.4, -0.2) is 49.5 Å². The van der Waals surface area contributed by atoms with E-state index in [4.69, 9.17) is 14.6 Å². The first kappa shape index (κ1) is 27.2. The van der Waals surface area contributed by atoms with Crippen molar-refractivity contribution in [1.29, 1.82) is 0 Å². The number of nitrogens with zero attached hydrogens (tertiary/aromatic N) is 2. The number of rotatable bonds is 10. The van der Waals surface area contributed by atoms with Gasteiger partial charge in [0.05, 0.1) is 25.3 Å². The minimum absolute atomic E-state index is 0. The third kappa shape index (κ3) is 9.07. The molecule has 2 rings (SSSR count). The van der Waals surface area contributed by atoms with Crippen molar-refractivity contribution >= 4 is 41.3 Å². The number of methoxy groups -OCH3 is 1. The number of aliphatic hydroxyl groups is 1. The van der Waals surface area contributed by atoms with Crippen LogP contribution in [0.3, 0.4) is 0 Å². The maximum Gasteiger partial charge on any atom is 0.434 e. The fourth-order valence-corrected chi connectivity index (χ4v) is 3.25. The van der Waals surface area contributed by atoms with Crippen LogP contribution in [0, 0.1) is 0 Å². The van der Waals surface area contributed by atoms with Gasteiger partial charge in [0.1, 0.15) is 6.61 Å². The summed E-state index contributed by atoms with van der Waals surface area (Å²) in [4.78, 5) is 8.11. The van der Waals surface area contributed by atoms with Gasteiger partial charge in [0, 0.05) is 24.9 Å². The van der Waals surface area contributed by atoms with Gasteiger partial charge in [-0.1, -0.05) is 6.07 Å². The molecule has 2 aromatic rings. The number of benzene rings is 1. The lowest BCUT2D eigenvalue weighted by Crippen LogP contribution is -2.38. The molecule has 0 saturated carbocycles. The highest BCUT2D eigenvalue weighted by molar-refractivity contribution is 14.0. The third-order valence-corrected chi connectivity index (χ3v) is 4.72. The SMILES string of the molecule is CCNC(=NCc1ccc(OCCO)c(OC)c1)NCCc1nc(C(F)(F)F)cs1.I. The van der Waals surface area contributed by atoms with Gasteiger partial charge in [0.25, 0.3) is 0 Å². The Labute approximate surface area is 200 Å². The first-order valence-corrected chi connectivity index (χ1v) is 10.2. The molecule has 31 heavy (non-hydrogen) atoms. The molecule has 7 nitrogen and oxygen atoms in total. The number of alkyl halides is 3. The molecule has 1 heterocycles. The molecule has 0 amide bonds. The van der Waals surface area contributed by atoms with Crippen LogP contribution in [-0.2, 0) is 19.1 Å². The molecule has 0 radical (unpaired) electrons. The summed E-state index contributed by atoms with van der Waals surface area (Å²) < 4.78 is 48.6. The summed E-state index contributed by atoms with van der Waals surface area (Å²) in [5.74, 6) is 1.62. The van der Waals surface area contributed by atoms with Gasteiger partial charge in [-0.2, -0.15) is 13.2 Å². The van der Waals surface area contributed by atoms with Crippen LogP contribution in [0.5, 0.6) is 11.5 Å². The number of aliphatic hydroxyl groups excluding tert-OH is 1. The standard InChI is InChI=1S/C19H25F3N4O3S.HI/c1-3-23-18(24-7-6-17-26-16(12-30-17)19(20,21)22)25-11-13-4-5-14(29-9-8-27)15(10-13)28-2;/h4-5,10,12,27H,3,6-9,11H2,1-2H3,(H2,23,24,25);1H. The van der Waals surface area contributed by atoms with Crippen molar-refractivity contribution in [3.63, 3.8) is 0 Å². The van der Waals surface area contributed by atoms with E-state index >= 15 is 0 Å². The molecule has 0 fully saturated rings. The van der Waals surface area contributed by atoms with Crippen molar-refractivity contribution in [2.24, 2.45) is 4.99 Å². The van der Waals surface area contributed by atoms with Gasteiger partial charge < -0.3 is 25.2 Å². The molecule has 0 aliphatic carbocycles. The maximum absolute atomic E-state index is 12.6. The van der Waals surface area contributed by atoms with Gasteiger partial charge in [0.2, 0.25) is 0 Å². The summed E-state index contributed by atoms with van der Waals surface area (Å²) in [6.07, 6.45) is -4.06. The second kappa shape index (κ2) is 13.6. The zero-order valence-electron chi connectivity index (χ0n) is 17.2. The van der Waals surface area contributed by atoms with E-state index in [-0.39, 0.29) is 37.2 Å². The monoisotopic (exact) mass is 574 g/mol. The summed E-state index contributed by atoms with van der Waals surface area (Å²) in [5, 5.41) is 16.5. The van der Waals surface area contributed by atoms with E-state index < -0.39 is 11.9 Å². The molecular weight excluding hydrogens is 548 g/mol. The smallest absolute Gasteiger partial charge is 0.434 e. The molecule has 0 saturated heterocycles. The van der Waals surface area contributed by atoms with Crippen LogP contribution in [0.25, 0.3) is 0 Å². The van der Waals surface area contributed by atoms with Gasteiger partial charge in [-0.3, -0.25) is 0 Å². The van der Waals surface area contributed by atoms with E-state index in [0.29, 0.717) is 48.5 Å². The Hall–Kier alpha value is -1.80. The Morgan fingerprint density at radius 3 is 2.65 bits per heavy atom. The Balaban J connectivity index is 0.00000480. The highest BCUT2D eigenvalue weighted by Gasteiger charge is 2.33. The van der Waals surface area contributed by atoms with Crippen molar-refractivity contribution in [2.45, 2.75) is 26.1 Å². The molecule has 1 aromatic heterocycles. The predicted octanol–water partition coefficient (Wildman–Crippen LogP) is 3.46. The zero-order valence-corrected chi connectivity index (χ0v) is 20.3. The van der Waals surface area contributed by atoms with Crippen LogP contribution >= 0.6 is 35.3 Å². The summed E-state index contributed by atoms with van der Waals surface area (Å²) in [7, 11) is 1.53. The Kier molecular flexibility index (Phi) is 11.9. The maximum atomic E-state index is 12.6. The van der Waals surface area contributed by atoms with Crippen molar-refractivity contribution in [2.75, 3.05) is 33.4 Å². The minimum atomic E-state index is -4.42. The molecule has 12 heteroatoms. The largest absolute Gasteiger partial charge is 0.493 e. The average Bonchev–Trinajstić information content (AvgIpc) is 3.20. The second-order valence-corrected chi connectivity index (χ2v) is 7.00. The molecule has 0 bridgehead atoms. The zero-order chi connectivity index (χ0) is 22.0. The molecule has 0 spiro atoms. The number of thiazole rings is 1. The molecule has 0 aliphatic heterocycles. The Morgan fingerprint density at radius 2 is 2.03 bits per heavy atom. The number of guanidine groups is 1. The number of halogens is 4. The van der Waals surface area contributed by atoms with E-state index in [1.807, 2.05) is 13.0 Å². The highest BCUT2D eigenvalue weighted by atomic mass is 127. The Morgan fingerprint density at radius 1 is 1.26 bits per heavy atom. The first-order chi connectivity index (χ1) is 14.4. The predicted molar refractivity (Wildman–Crippen MR) is 125 cm³/mol. The molecule has 1 aromatic carbocycles. The van der Waals surface area contributed by atoms with Crippen LogP contribution in [0.2, 0.25) is 0 Å². The first-order valence-electron chi connectivity index (χ1n) is 9.31. The number of nitrogens with one attached hydrogen (secondary N) is 2. The molecule has 174 valence electrons. The summed E-state index contributed by atoms with van der Waals surface area (Å²) in [6, 6.07) is 5.39. The molecular formula is C19H26F3IN4O3S. The van der Waals surface area contributed by atoms with Crippen LogP contribution in [0.4, 0.5) is 13.2 Å². The van der Waals surface area contributed by atoms with Crippen LogP contribution in [0.1, 0.15) is 23.2 Å². The lowest BCUT2D eigenvalue weighted by atomic mass is 10.2. The van der Waals surface area contributed by atoms with Crippen molar-refractivity contribution < 1.29 is 27.8 Å². The van der Waals surface area contributed by atoms with Gasteiger partial charge in [-0.25, -0.2) is 9.98 Å². The van der Waals surface area contributed by atoms with E-state index in [1.165, 1.54) is 7.11 Å². The quantitative estimate of drug-likeness (QED) is 0.229. The van der Waals surface area contributed by atoms with Crippen molar-refractivity contribution in [3.8, 4) is 11.5 Å². The normalized spacial score (nSPS) is 11.6. The van der Waals surface area contributed by atoms with E-state index in [2.05, 4.69) is 20.6 Å². The van der Waals surface area contributed by atoms with Crippen LogP contribution in [0.15, 0.2) is 28.6 Å². The van der Waals surface area contributed by atoms with E-state index in [9.17, 15) is 13.2 Å². The minimum Gasteiger partial charge on any atom is -0.493 e. The summed E-state index contributed by atoms with van der Waals surface area (Å²) >= 11 is 0.990. The fourth-order valence-electron chi connectivity index (χ4n) is 2.44. The number of hydrogen-bond donors (Lipinski definition) is 3. The van der Waals surface area contributed by atoms with Gasteiger partial charge in [-0.05, 0) is 24.6 Å².